The summed E-state index contributed by atoms with van der Waals surface area (Å²) in [6.07, 6.45) is -0.398. The third-order valence-corrected chi connectivity index (χ3v) is 1.72. The van der Waals surface area contributed by atoms with Crippen LogP contribution in [0.1, 0.15) is 0 Å². The van der Waals surface area contributed by atoms with E-state index in [1.165, 1.54) is 0 Å². The number of carbonyl (C=O) groups is 1. The molecular formula is C7H4ClF2NO2. The lowest BCUT2D eigenvalue weighted by Gasteiger charge is -2.12. The predicted octanol–water partition coefficient (Wildman–Crippen LogP) is 1.71. The highest BCUT2D eigenvalue weighted by Crippen LogP contribution is 2.22. The first-order valence-electron chi connectivity index (χ1n) is 3.21. The van der Waals surface area contributed by atoms with E-state index in [1.807, 2.05) is 0 Å². The second-order valence-electron chi connectivity index (χ2n) is 2.26. The zero-order valence-corrected chi connectivity index (χ0v) is 6.92. The molecule has 1 atom stereocenters. The molecule has 1 rings (SSSR count). The summed E-state index contributed by atoms with van der Waals surface area (Å²) in [6, 6.07) is 0. The Hall–Kier alpha value is -1.23. The van der Waals surface area contributed by atoms with Gasteiger partial charge in [0, 0.05) is 0 Å². The summed E-state index contributed by atoms with van der Waals surface area (Å²) in [6.45, 7) is 0. The van der Waals surface area contributed by atoms with E-state index in [1.54, 1.807) is 0 Å². The first kappa shape index (κ1) is 9.85. The summed E-state index contributed by atoms with van der Waals surface area (Å²) in [7, 11) is 0. The standard InChI is InChI=1S/C7H4ClF2NO2/c8-7(12)3-1-2-4(9)6(11-13)5(3)10/h1-2,5,13H. The molecule has 1 aliphatic rings. The third-order valence-electron chi connectivity index (χ3n) is 1.50. The zero-order valence-electron chi connectivity index (χ0n) is 6.17. The normalized spacial score (nSPS) is 25.5. The van der Waals surface area contributed by atoms with Crippen LogP contribution in [0.25, 0.3) is 0 Å². The van der Waals surface area contributed by atoms with Crippen molar-refractivity contribution in [3.8, 4) is 0 Å². The van der Waals surface area contributed by atoms with Crippen molar-refractivity contribution in [1.29, 1.82) is 0 Å². The summed E-state index contributed by atoms with van der Waals surface area (Å²) in [5, 5.41) is 9.56. The Morgan fingerprint density at radius 3 is 2.69 bits per heavy atom. The maximum atomic E-state index is 13.1. The van der Waals surface area contributed by atoms with Gasteiger partial charge in [0.05, 0.1) is 5.57 Å². The van der Waals surface area contributed by atoms with Crippen molar-refractivity contribution in [3.63, 3.8) is 0 Å². The number of halogens is 3. The van der Waals surface area contributed by atoms with Crippen LogP contribution in [0.2, 0.25) is 0 Å². The molecule has 1 aliphatic carbocycles. The Balaban J connectivity index is 3.11. The monoisotopic (exact) mass is 207 g/mol. The highest BCUT2D eigenvalue weighted by molar-refractivity contribution is 6.68. The van der Waals surface area contributed by atoms with E-state index in [2.05, 4.69) is 5.16 Å². The van der Waals surface area contributed by atoms with Crippen LogP contribution in [0.5, 0.6) is 0 Å². The Bertz CT molecular complexity index is 335. The van der Waals surface area contributed by atoms with Crippen molar-refractivity contribution < 1.29 is 18.8 Å². The molecule has 0 fully saturated rings. The molecule has 0 saturated carbocycles. The molecule has 0 radical (unpaired) electrons. The fraction of sp³-hybridized carbons (Fsp3) is 0.143. The first-order valence-corrected chi connectivity index (χ1v) is 3.59. The minimum Gasteiger partial charge on any atom is -0.410 e. The van der Waals surface area contributed by atoms with Crippen molar-refractivity contribution in [2.45, 2.75) is 6.17 Å². The number of hydrogen-bond donors (Lipinski definition) is 1. The number of oxime groups is 1. The van der Waals surface area contributed by atoms with Gasteiger partial charge in [0.1, 0.15) is 0 Å². The second kappa shape index (κ2) is 3.66. The van der Waals surface area contributed by atoms with Gasteiger partial charge in [-0.25, -0.2) is 8.78 Å². The lowest BCUT2D eigenvalue weighted by atomic mass is 10.0. The second-order valence-corrected chi connectivity index (χ2v) is 2.60. The maximum absolute atomic E-state index is 13.1. The van der Waals surface area contributed by atoms with E-state index >= 15 is 0 Å². The molecule has 0 heterocycles. The minimum atomic E-state index is -2.11. The van der Waals surface area contributed by atoms with E-state index in [0.717, 1.165) is 12.2 Å². The minimum absolute atomic E-state index is 0.448. The topological polar surface area (TPSA) is 49.7 Å². The number of hydrogen-bond acceptors (Lipinski definition) is 3. The van der Waals surface area contributed by atoms with Gasteiger partial charge in [-0.05, 0) is 23.8 Å². The van der Waals surface area contributed by atoms with Gasteiger partial charge in [-0.3, -0.25) is 4.79 Å². The molecule has 13 heavy (non-hydrogen) atoms. The summed E-state index contributed by atoms with van der Waals surface area (Å²) >= 11 is 4.99. The zero-order chi connectivity index (χ0) is 10.0. The van der Waals surface area contributed by atoms with Crippen molar-refractivity contribution in [2.24, 2.45) is 5.16 Å². The third kappa shape index (κ3) is 1.75. The Kier molecular flexibility index (Phi) is 2.77. The van der Waals surface area contributed by atoms with Crippen molar-refractivity contribution >= 4 is 22.6 Å². The predicted molar refractivity (Wildman–Crippen MR) is 42.3 cm³/mol. The van der Waals surface area contributed by atoms with E-state index in [0.29, 0.717) is 0 Å². The average Bonchev–Trinajstić information content (AvgIpc) is 2.04. The molecule has 0 aliphatic heterocycles. The number of rotatable bonds is 1. The molecule has 0 amide bonds. The van der Waals surface area contributed by atoms with Crippen molar-refractivity contribution in [2.75, 3.05) is 0 Å². The SMILES string of the molecule is O=C(Cl)C1=CC=C(F)C(=NO)C1F. The average molecular weight is 208 g/mol. The van der Waals surface area contributed by atoms with Gasteiger partial charge in [0.25, 0.3) is 5.24 Å². The quantitative estimate of drug-likeness (QED) is 0.404. The molecule has 6 heteroatoms. The molecule has 1 unspecified atom stereocenters. The summed E-state index contributed by atoms with van der Waals surface area (Å²) < 4.78 is 25.7. The Morgan fingerprint density at radius 2 is 2.23 bits per heavy atom. The van der Waals surface area contributed by atoms with E-state index < -0.39 is 28.5 Å². The highest BCUT2D eigenvalue weighted by Gasteiger charge is 2.30. The largest absolute Gasteiger partial charge is 0.410 e. The summed E-state index contributed by atoms with van der Waals surface area (Å²) in [4.78, 5) is 10.5. The van der Waals surface area contributed by atoms with Crippen LogP contribution in [-0.2, 0) is 4.79 Å². The van der Waals surface area contributed by atoms with Crippen LogP contribution < -0.4 is 0 Å². The molecule has 1 N–H and O–H groups in total. The van der Waals surface area contributed by atoms with Crippen molar-refractivity contribution in [3.05, 3.63) is 23.6 Å². The molecule has 0 aromatic rings. The fourth-order valence-corrected chi connectivity index (χ4v) is 1.02. The number of alkyl halides is 1. The molecule has 0 spiro atoms. The van der Waals surface area contributed by atoms with E-state index in [-0.39, 0.29) is 0 Å². The Morgan fingerprint density at radius 1 is 1.62 bits per heavy atom. The number of nitrogens with zero attached hydrogens (tertiary/aromatic N) is 1. The van der Waals surface area contributed by atoms with Crippen LogP contribution in [0.4, 0.5) is 8.78 Å². The van der Waals surface area contributed by atoms with Gasteiger partial charge in [-0.1, -0.05) is 5.16 Å². The summed E-state index contributed by atoms with van der Waals surface area (Å²) in [5.41, 5.74) is -1.29. The van der Waals surface area contributed by atoms with Crippen LogP contribution in [0.3, 0.4) is 0 Å². The van der Waals surface area contributed by atoms with Crippen molar-refractivity contribution in [1.82, 2.24) is 0 Å². The van der Waals surface area contributed by atoms with E-state index in [4.69, 9.17) is 16.8 Å². The molecule has 0 aromatic carbocycles. The fourth-order valence-electron chi connectivity index (χ4n) is 0.865. The number of carbonyl (C=O) groups excluding carboxylic acids is 1. The molecular weight excluding hydrogens is 204 g/mol. The molecule has 3 nitrogen and oxygen atoms in total. The molecule has 0 saturated heterocycles. The van der Waals surface area contributed by atoms with E-state index in [9.17, 15) is 13.6 Å². The van der Waals surface area contributed by atoms with Gasteiger partial charge in [-0.2, -0.15) is 0 Å². The van der Waals surface area contributed by atoms with Crippen LogP contribution in [0.15, 0.2) is 28.7 Å². The van der Waals surface area contributed by atoms with Gasteiger partial charge >= 0.3 is 0 Å². The maximum Gasteiger partial charge on any atom is 0.251 e. The van der Waals surface area contributed by atoms with Crippen LogP contribution in [-0.4, -0.2) is 22.3 Å². The lowest BCUT2D eigenvalue weighted by Crippen LogP contribution is -2.24. The van der Waals surface area contributed by atoms with Gasteiger partial charge in [0.2, 0.25) is 0 Å². The van der Waals surface area contributed by atoms with Crippen LogP contribution >= 0.6 is 11.6 Å². The highest BCUT2D eigenvalue weighted by atomic mass is 35.5. The molecule has 70 valence electrons. The van der Waals surface area contributed by atoms with Crippen LogP contribution in [0, 0.1) is 0 Å². The van der Waals surface area contributed by atoms with Gasteiger partial charge in [-0.15, -0.1) is 0 Å². The molecule has 0 bridgehead atoms. The van der Waals surface area contributed by atoms with Gasteiger partial charge < -0.3 is 5.21 Å². The Labute approximate surface area is 77.0 Å². The smallest absolute Gasteiger partial charge is 0.251 e. The van der Waals surface area contributed by atoms with Gasteiger partial charge in [0.15, 0.2) is 17.7 Å². The summed E-state index contributed by atoms with van der Waals surface area (Å²) in [5.74, 6) is -1.03. The number of allylic oxidation sites excluding steroid dienone is 4. The molecule has 0 aromatic heterocycles. The lowest BCUT2D eigenvalue weighted by molar-refractivity contribution is -0.108. The first-order chi connectivity index (χ1) is 6.07.